The molecule has 52 heavy (non-hydrogen) atoms. The molecule has 266 valence electrons. The number of carbonyl (C=O) groups excluding carboxylic acids is 3. The second kappa shape index (κ2) is 15.7. The first-order valence-electron chi connectivity index (χ1n) is 16.5. The zero-order valence-corrected chi connectivity index (χ0v) is 28.5. The van der Waals surface area contributed by atoms with Crippen molar-refractivity contribution >= 4 is 35.4 Å². The number of hydrogen-bond acceptors (Lipinski definition) is 12. The largest absolute Gasteiger partial charge is 0.508 e. The van der Waals surface area contributed by atoms with Gasteiger partial charge in [-0.3, -0.25) is 9.59 Å². The van der Waals surface area contributed by atoms with Crippen molar-refractivity contribution < 1.29 is 38.8 Å². The van der Waals surface area contributed by atoms with Crippen LogP contribution in [0.2, 0.25) is 0 Å². The van der Waals surface area contributed by atoms with E-state index in [4.69, 9.17) is 14.2 Å². The quantitative estimate of drug-likeness (QED) is 0.126. The number of amides is 3. The van der Waals surface area contributed by atoms with Gasteiger partial charge in [0.15, 0.2) is 6.29 Å². The molecule has 4 unspecified atom stereocenters. The van der Waals surface area contributed by atoms with E-state index in [1.54, 1.807) is 53.2 Å². The molecule has 0 saturated carbocycles. The van der Waals surface area contributed by atoms with Gasteiger partial charge in [-0.2, -0.15) is 4.68 Å². The number of nitrogens with one attached hydrogen (secondary N) is 1. The van der Waals surface area contributed by atoms with Crippen LogP contribution in [0.3, 0.4) is 0 Å². The number of rotatable bonds is 11. The van der Waals surface area contributed by atoms with Crippen LogP contribution in [-0.2, 0) is 37.0 Å². The lowest BCUT2D eigenvalue weighted by atomic mass is 10.0. The van der Waals surface area contributed by atoms with Crippen LogP contribution in [0.25, 0.3) is 5.69 Å². The Morgan fingerprint density at radius 2 is 1.60 bits per heavy atom. The Morgan fingerprint density at radius 3 is 2.33 bits per heavy atom. The second-order valence-corrected chi connectivity index (χ2v) is 13.2. The zero-order chi connectivity index (χ0) is 36.0. The van der Waals surface area contributed by atoms with Gasteiger partial charge < -0.3 is 29.7 Å². The first kappa shape index (κ1) is 34.8. The van der Waals surface area contributed by atoms with E-state index in [1.807, 2.05) is 54.6 Å². The van der Waals surface area contributed by atoms with Crippen molar-refractivity contribution in [2.24, 2.45) is 0 Å². The summed E-state index contributed by atoms with van der Waals surface area (Å²) in [6.45, 7) is -0.0406. The fourth-order valence-corrected chi connectivity index (χ4v) is 6.83. The van der Waals surface area contributed by atoms with Crippen molar-refractivity contribution in [3.63, 3.8) is 0 Å². The minimum Gasteiger partial charge on any atom is -0.508 e. The van der Waals surface area contributed by atoms with Crippen LogP contribution >= 0.6 is 11.8 Å². The molecule has 4 aromatic carbocycles. The lowest BCUT2D eigenvalue weighted by molar-refractivity contribution is -0.245. The van der Waals surface area contributed by atoms with Crippen molar-refractivity contribution in [1.29, 1.82) is 0 Å². The van der Waals surface area contributed by atoms with E-state index in [9.17, 15) is 24.6 Å². The van der Waals surface area contributed by atoms with Gasteiger partial charge >= 0.3 is 6.09 Å². The average molecular weight is 723 g/mol. The van der Waals surface area contributed by atoms with Crippen LogP contribution < -0.4 is 10.2 Å². The highest BCUT2D eigenvalue weighted by atomic mass is 32.2. The molecule has 14 nitrogen and oxygen atoms in total. The summed E-state index contributed by atoms with van der Waals surface area (Å²) in [5.74, 6) is -0.386. The van der Waals surface area contributed by atoms with Gasteiger partial charge in [-0.15, -0.1) is 5.10 Å². The Labute approximate surface area is 302 Å². The molecular weight excluding hydrogens is 689 g/mol. The molecule has 0 bridgehead atoms. The van der Waals surface area contributed by atoms with E-state index >= 15 is 0 Å². The summed E-state index contributed by atoms with van der Waals surface area (Å²) < 4.78 is 19.7. The van der Waals surface area contributed by atoms with E-state index < -0.39 is 30.2 Å². The van der Waals surface area contributed by atoms with Gasteiger partial charge in [0.1, 0.15) is 18.4 Å². The molecule has 15 heteroatoms. The summed E-state index contributed by atoms with van der Waals surface area (Å²) in [6.07, 6.45) is -1.89. The number of imide groups is 1. The monoisotopic (exact) mass is 722 g/mol. The number of aromatic hydroxyl groups is 1. The van der Waals surface area contributed by atoms with Crippen LogP contribution in [0.5, 0.6) is 5.75 Å². The van der Waals surface area contributed by atoms with Gasteiger partial charge in [0.25, 0.3) is 5.91 Å². The second-order valence-electron chi connectivity index (χ2n) is 12.2. The molecule has 4 atom stereocenters. The van der Waals surface area contributed by atoms with Gasteiger partial charge in [-0.1, -0.05) is 78.5 Å². The Bertz CT molecular complexity index is 2010. The molecule has 2 saturated heterocycles. The van der Waals surface area contributed by atoms with Crippen molar-refractivity contribution in [3.05, 3.63) is 125 Å². The molecule has 7 rings (SSSR count). The maximum atomic E-state index is 13.2. The first-order valence-corrected chi connectivity index (χ1v) is 17.5. The van der Waals surface area contributed by atoms with Crippen LogP contribution in [0, 0.1) is 0 Å². The SMILES string of the molecule is O=C(NC1CC(=O)N(c2ccc(C3OC(CSc4nnnn4-c4ccc(O)cc4)CC(c4ccc(CO)cc4)O3)cc2)C1=O)OCc1ccccc1. The van der Waals surface area contributed by atoms with Crippen LogP contribution in [-0.4, -0.2) is 66.2 Å². The Hall–Kier alpha value is -5.61. The minimum atomic E-state index is -1.05. The third kappa shape index (κ3) is 7.97. The summed E-state index contributed by atoms with van der Waals surface area (Å²) in [5.41, 5.74) is 4.20. The summed E-state index contributed by atoms with van der Waals surface area (Å²) in [5, 5.41) is 34.4. The third-order valence-corrected chi connectivity index (χ3v) is 9.67. The number of alkyl carbamates (subject to hydrolysis) is 1. The number of thioether (sulfide) groups is 1. The maximum Gasteiger partial charge on any atom is 0.408 e. The summed E-state index contributed by atoms with van der Waals surface area (Å²) >= 11 is 1.42. The topological polar surface area (TPSA) is 178 Å². The first-order chi connectivity index (χ1) is 25.3. The molecule has 0 spiro atoms. The highest BCUT2D eigenvalue weighted by Crippen LogP contribution is 2.40. The van der Waals surface area contributed by atoms with E-state index in [1.165, 1.54) is 11.8 Å². The normalized spacial score (nSPS) is 20.2. The predicted molar refractivity (Wildman–Crippen MR) is 187 cm³/mol. The summed E-state index contributed by atoms with van der Waals surface area (Å²) in [7, 11) is 0. The molecule has 0 radical (unpaired) electrons. The van der Waals surface area contributed by atoms with Gasteiger partial charge in [0.05, 0.1) is 36.6 Å². The number of phenolic OH excluding ortho intramolecular Hbond substituents is 1. The smallest absolute Gasteiger partial charge is 0.408 e. The Kier molecular flexibility index (Phi) is 10.5. The highest BCUT2D eigenvalue weighted by molar-refractivity contribution is 7.99. The summed E-state index contributed by atoms with van der Waals surface area (Å²) in [4.78, 5) is 39.6. The van der Waals surface area contributed by atoms with Crippen molar-refractivity contribution in [3.8, 4) is 11.4 Å². The van der Waals surface area contributed by atoms with E-state index in [0.29, 0.717) is 34.3 Å². The number of aliphatic hydroxyl groups excluding tert-OH is 1. The number of benzene rings is 4. The van der Waals surface area contributed by atoms with Gasteiger partial charge in [-0.05, 0) is 63.5 Å². The van der Waals surface area contributed by atoms with Crippen LogP contribution in [0.15, 0.2) is 108 Å². The molecule has 0 aliphatic carbocycles. The number of anilines is 1. The molecule has 2 aliphatic rings. The molecule has 3 heterocycles. The number of phenols is 1. The van der Waals surface area contributed by atoms with E-state index in [0.717, 1.165) is 21.6 Å². The molecule has 2 fully saturated rings. The lowest BCUT2D eigenvalue weighted by Gasteiger charge is -2.36. The third-order valence-electron chi connectivity index (χ3n) is 8.62. The number of tetrazole rings is 1. The Morgan fingerprint density at radius 1 is 0.885 bits per heavy atom. The number of ether oxygens (including phenoxy) is 3. The molecular formula is C37H34N6O8S. The Balaban J connectivity index is 1.03. The maximum absolute atomic E-state index is 13.2. The summed E-state index contributed by atoms with van der Waals surface area (Å²) in [6, 6.07) is 28.9. The fraction of sp³-hybridized carbons (Fsp3) is 0.243. The van der Waals surface area contributed by atoms with Crippen molar-refractivity contribution in [2.45, 2.75) is 55.8 Å². The highest BCUT2D eigenvalue weighted by Gasteiger charge is 2.41. The number of nitrogens with zero attached hydrogens (tertiary/aromatic N) is 5. The fourth-order valence-electron chi connectivity index (χ4n) is 5.92. The van der Waals surface area contributed by atoms with Gasteiger partial charge in [-0.25, -0.2) is 9.69 Å². The van der Waals surface area contributed by atoms with E-state index in [2.05, 4.69) is 20.8 Å². The number of aliphatic hydroxyl groups is 1. The lowest BCUT2D eigenvalue weighted by Crippen LogP contribution is -2.42. The molecule has 3 amide bonds. The van der Waals surface area contributed by atoms with Gasteiger partial charge in [0, 0.05) is 17.7 Å². The van der Waals surface area contributed by atoms with Crippen LogP contribution in [0.1, 0.15) is 47.5 Å². The molecule has 2 aliphatic heterocycles. The minimum absolute atomic E-state index is 0.0328. The van der Waals surface area contributed by atoms with Crippen LogP contribution in [0.4, 0.5) is 10.5 Å². The van der Waals surface area contributed by atoms with Crippen molar-refractivity contribution in [2.75, 3.05) is 10.7 Å². The zero-order valence-electron chi connectivity index (χ0n) is 27.6. The predicted octanol–water partition coefficient (Wildman–Crippen LogP) is 4.76. The van der Waals surface area contributed by atoms with E-state index in [-0.39, 0.29) is 37.6 Å². The van der Waals surface area contributed by atoms with Crippen molar-refractivity contribution in [1.82, 2.24) is 25.5 Å². The molecule has 1 aromatic heterocycles. The number of aromatic nitrogens is 4. The average Bonchev–Trinajstić information content (AvgIpc) is 3.76. The number of hydrogen-bond donors (Lipinski definition) is 3. The molecule has 5 aromatic rings. The number of carbonyl (C=O) groups is 3. The van der Waals surface area contributed by atoms with Gasteiger partial charge in [0.2, 0.25) is 11.1 Å². The molecule has 3 N–H and O–H groups in total. The standard InChI is InChI=1S/C37H34N6O8S/c44-20-23-6-8-25(9-7-23)32-18-30(22-52-36-39-40-41-43(36)28-14-16-29(45)17-15-28)50-35(51-32)26-10-12-27(13-11-26)42-33(46)19-31(34(42)47)38-37(48)49-21-24-4-2-1-3-5-24/h1-17,30-32,35,44-45H,18-22H2,(H,38,48).